The van der Waals surface area contributed by atoms with Crippen LogP contribution in [0, 0.1) is 0 Å². The van der Waals surface area contributed by atoms with Crippen LogP contribution in [0.15, 0.2) is 70.3 Å². The van der Waals surface area contributed by atoms with Crippen LogP contribution in [-0.4, -0.2) is 26.8 Å². The van der Waals surface area contributed by atoms with E-state index in [1.807, 2.05) is 0 Å². The zero-order chi connectivity index (χ0) is 20.9. The van der Waals surface area contributed by atoms with Gasteiger partial charge >= 0.3 is 0 Å². The third-order valence-electron chi connectivity index (χ3n) is 3.65. The second-order valence-corrected chi connectivity index (χ2v) is 8.68. The molecule has 0 bridgehead atoms. The molecule has 3 rings (SSSR count). The first-order chi connectivity index (χ1) is 13.8. The molecule has 0 atom stereocenters. The molecule has 0 spiro atoms. The number of sulfonamides is 1. The summed E-state index contributed by atoms with van der Waals surface area (Å²) >= 11 is 1.08. The summed E-state index contributed by atoms with van der Waals surface area (Å²) in [5, 5.41) is 4.33. The van der Waals surface area contributed by atoms with Crippen LogP contribution in [0.1, 0.15) is 10.4 Å². The summed E-state index contributed by atoms with van der Waals surface area (Å²) in [5.41, 5.74) is 5.76. The van der Waals surface area contributed by atoms with Crippen LogP contribution in [0.4, 0.5) is 11.4 Å². The molecule has 150 valence electrons. The zero-order valence-corrected chi connectivity index (χ0v) is 16.6. The van der Waals surface area contributed by atoms with Gasteiger partial charge in [-0.2, -0.15) is 0 Å². The molecule has 0 aliphatic heterocycles. The average Bonchev–Trinajstić information content (AvgIpc) is 3.23. The number of amides is 2. The molecule has 10 heteroatoms. The minimum Gasteiger partial charge on any atom is -0.484 e. The molecule has 8 nitrogen and oxygen atoms in total. The van der Waals surface area contributed by atoms with Gasteiger partial charge in [0.25, 0.3) is 21.8 Å². The quantitative estimate of drug-likeness (QED) is 0.505. The Kier molecular flexibility index (Phi) is 6.15. The number of ether oxygens (including phenoxy) is 1. The summed E-state index contributed by atoms with van der Waals surface area (Å²) in [7, 11) is -3.80. The van der Waals surface area contributed by atoms with Crippen LogP contribution in [0.3, 0.4) is 0 Å². The zero-order valence-electron chi connectivity index (χ0n) is 15.0. The van der Waals surface area contributed by atoms with Gasteiger partial charge in [0.15, 0.2) is 6.61 Å². The highest BCUT2D eigenvalue weighted by atomic mass is 32.2. The topological polar surface area (TPSA) is 128 Å². The minimum absolute atomic E-state index is 0.145. The number of thiophene rings is 1. The standard InChI is InChI=1S/C19H17N3O5S2/c20-17(23)12-27-14-6-3-5-13(11-14)21-19(24)15-7-1-2-8-16(15)22-29(25,26)18-9-4-10-28-18/h1-11,22H,12H2,(H2,20,23)(H,21,24). The summed E-state index contributed by atoms with van der Waals surface area (Å²) in [6, 6.07) is 15.8. The Balaban J connectivity index is 1.79. The molecule has 0 saturated carbocycles. The molecule has 3 aromatic rings. The van der Waals surface area contributed by atoms with E-state index in [2.05, 4.69) is 10.0 Å². The summed E-state index contributed by atoms with van der Waals surface area (Å²) < 4.78 is 32.8. The second kappa shape index (κ2) is 8.76. The van der Waals surface area contributed by atoms with E-state index < -0.39 is 21.8 Å². The molecule has 29 heavy (non-hydrogen) atoms. The van der Waals surface area contributed by atoms with E-state index in [4.69, 9.17) is 10.5 Å². The van der Waals surface area contributed by atoms with Gasteiger partial charge in [-0.1, -0.05) is 24.3 Å². The first kappa shape index (κ1) is 20.4. The molecular formula is C19H17N3O5S2. The van der Waals surface area contributed by atoms with Crippen LogP contribution < -0.4 is 20.5 Å². The average molecular weight is 431 g/mol. The Bertz CT molecular complexity index is 1130. The van der Waals surface area contributed by atoms with E-state index in [1.165, 1.54) is 24.3 Å². The third kappa shape index (κ3) is 5.33. The Labute approximate surface area is 171 Å². The number of anilines is 2. The molecule has 1 heterocycles. The lowest BCUT2D eigenvalue weighted by Gasteiger charge is -2.12. The van der Waals surface area contributed by atoms with Crippen molar-refractivity contribution in [2.45, 2.75) is 4.21 Å². The molecule has 0 saturated heterocycles. The highest BCUT2D eigenvalue weighted by Gasteiger charge is 2.19. The lowest BCUT2D eigenvalue weighted by Crippen LogP contribution is -2.20. The fraction of sp³-hybridized carbons (Fsp3) is 0.0526. The number of hydrogen-bond acceptors (Lipinski definition) is 6. The third-order valence-corrected chi connectivity index (χ3v) is 6.41. The van der Waals surface area contributed by atoms with Gasteiger partial charge in [0, 0.05) is 11.8 Å². The van der Waals surface area contributed by atoms with E-state index in [0.717, 1.165) is 11.3 Å². The number of carbonyl (C=O) groups is 2. The largest absolute Gasteiger partial charge is 0.484 e. The number of nitrogens with two attached hydrogens (primary N) is 1. The number of rotatable bonds is 8. The summed E-state index contributed by atoms with van der Waals surface area (Å²) in [5.74, 6) is -0.777. The van der Waals surface area contributed by atoms with Crippen molar-refractivity contribution in [2.24, 2.45) is 5.73 Å². The Morgan fingerprint density at radius 3 is 2.55 bits per heavy atom. The maximum Gasteiger partial charge on any atom is 0.271 e. The van der Waals surface area contributed by atoms with Crippen LogP contribution in [0.5, 0.6) is 5.75 Å². The number of primary amides is 1. The first-order valence-electron chi connectivity index (χ1n) is 8.33. The van der Waals surface area contributed by atoms with Crippen molar-refractivity contribution in [1.82, 2.24) is 0 Å². The van der Waals surface area contributed by atoms with E-state index in [-0.39, 0.29) is 22.1 Å². The summed E-state index contributed by atoms with van der Waals surface area (Å²) in [6.45, 7) is -0.287. The van der Waals surface area contributed by atoms with Crippen LogP contribution in [0.25, 0.3) is 0 Å². The van der Waals surface area contributed by atoms with Crippen LogP contribution in [-0.2, 0) is 14.8 Å². The number of carbonyl (C=O) groups excluding carboxylic acids is 2. The lowest BCUT2D eigenvalue weighted by atomic mass is 10.1. The van der Waals surface area contributed by atoms with E-state index >= 15 is 0 Å². The van der Waals surface area contributed by atoms with Gasteiger partial charge in [0.2, 0.25) is 0 Å². The van der Waals surface area contributed by atoms with Crippen LogP contribution in [0.2, 0.25) is 0 Å². The molecule has 0 aliphatic rings. The normalized spacial score (nSPS) is 10.9. The van der Waals surface area contributed by atoms with Gasteiger partial charge in [0.1, 0.15) is 9.96 Å². The van der Waals surface area contributed by atoms with Crippen molar-refractivity contribution in [3.63, 3.8) is 0 Å². The lowest BCUT2D eigenvalue weighted by molar-refractivity contribution is -0.119. The van der Waals surface area contributed by atoms with Crippen LogP contribution >= 0.6 is 11.3 Å². The van der Waals surface area contributed by atoms with Gasteiger partial charge in [-0.05, 0) is 35.7 Å². The maximum atomic E-state index is 12.7. The van der Waals surface area contributed by atoms with Crippen molar-refractivity contribution in [3.8, 4) is 5.75 Å². The molecule has 0 aliphatic carbocycles. The number of nitrogens with one attached hydrogen (secondary N) is 2. The Morgan fingerprint density at radius 2 is 1.83 bits per heavy atom. The monoisotopic (exact) mass is 431 g/mol. The van der Waals surface area contributed by atoms with Gasteiger partial charge < -0.3 is 15.8 Å². The van der Waals surface area contributed by atoms with Crippen molar-refractivity contribution in [1.29, 1.82) is 0 Å². The number of benzene rings is 2. The maximum absolute atomic E-state index is 12.7. The van der Waals surface area contributed by atoms with E-state index in [0.29, 0.717) is 11.4 Å². The predicted molar refractivity (Wildman–Crippen MR) is 111 cm³/mol. The van der Waals surface area contributed by atoms with E-state index in [9.17, 15) is 18.0 Å². The van der Waals surface area contributed by atoms with Gasteiger partial charge in [-0.25, -0.2) is 8.42 Å². The molecular weight excluding hydrogens is 414 g/mol. The highest BCUT2D eigenvalue weighted by molar-refractivity contribution is 7.94. The van der Waals surface area contributed by atoms with Crippen molar-refractivity contribution < 1.29 is 22.7 Å². The summed E-state index contributed by atoms with van der Waals surface area (Å²) in [6.07, 6.45) is 0. The minimum atomic E-state index is -3.80. The molecule has 2 amide bonds. The highest BCUT2D eigenvalue weighted by Crippen LogP contribution is 2.24. The molecule has 0 radical (unpaired) electrons. The number of hydrogen-bond donors (Lipinski definition) is 3. The number of para-hydroxylation sites is 1. The molecule has 0 fully saturated rings. The van der Waals surface area contributed by atoms with E-state index in [1.54, 1.807) is 41.8 Å². The fourth-order valence-electron chi connectivity index (χ4n) is 2.40. The van der Waals surface area contributed by atoms with Crippen molar-refractivity contribution in [3.05, 3.63) is 71.6 Å². The molecule has 1 aromatic heterocycles. The molecule has 4 N–H and O–H groups in total. The molecule has 2 aromatic carbocycles. The smallest absolute Gasteiger partial charge is 0.271 e. The van der Waals surface area contributed by atoms with Gasteiger partial charge in [0.05, 0.1) is 11.3 Å². The van der Waals surface area contributed by atoms with Crippen molar-refractivity contribution in [2.75, 3.05) is 16.6 Å². The fourth-order valence-corrected chi connectivity index (χ4v) is 4.47. The predicted octanol–water partition coefficient (Wildman–Crippen LogP) is 2.67. The first-order valence-corrected chi connectivity index (χ1v) is 10.7. The molecule has 0 unspecified atom stereocenters. The van der Waals surface area contributed by atoms with Gasteiger partial charge in [-0.15, -0.1) is 11.3 Å². The van der Waals surface area contributed by atoms with Gasteiger partial charge in [-0.3, -0.25) is 14.3 Å². The Hall–Kier alpha value is -3.37. The second-order valence-electron chi connectivity index (χ2n) is 5.82. The SMILES string of the molecule is NC(=O)COc1cccc(NC(=O)c2ccccc2NS(=O)(=O)c2cccs2)c1. The van der Waals surface area contributed by atoms with Crippen molar-refractivity contribution >= 4 is 44.5 Å². The Morgan fingerprint density at radius 1 is 1.03 bits per heavy atom. The summed E-state index contributed by atoms with van der Waals surface area (Å²) in [4.78, 5) is 23.6.